The molecule has 23 heavy (non-hydrogen) atoms. The van der Waals surface area contributed by atoms with E-state index in [9.17, 15) is 4.79 Å². The van der Waals surface area contributed by atoms with Crippen molar-refractivity contribution in [1.82, 2.24) is 5.32 Å². The third kappa shape index (κ3) is 4.81. The molecule has 0 aromatic heterocycles. The number of amides is 1. The summed E-state index contributed by atoms with van der Waals surface area (Å²) in [5.74, 6) is -0.0473. The highest BCUT2D eigenvalue weighted by Gasteiger charge is 2.11. The summed E-state index contributed by atoms with van der Waals surface area (Å²) in [6.07, 6.45) is 0. The smallest absolute Gasteiger partial charge is 0.238 e. The van der Waals surface area contributed by atoms with E-state index < -0.39 is 0 Å². The van der Waals surface area contributed by atoms with Crippen LogP contribution in [0.2, 0.25) is 5.02 Å². The van der Waals surface area contributed by atoms with Crippen LogP contribution in [-0.4, -0.2) is 12.5 Å². The van der Waals surface area contributed by atoms with Crippen molar-refractivity contribution in [1.29, 1.82) is 0 Å². The molecule has 0 saturated heterocycles. The lowest BCUT2D eigenvalue weighted by Gasteiger charge is -2.16. The average Bonchev–Trinajstić information content (AvgIpc) is 2.48. The Morgan fingerprint density at radius 2 is 1.78 bits per heavy atom. The summed E-state index contributed by atoms with van der Waals surface area (Å²) >= 11 is 6.00. The molecule has 0 aliphatic rings. The van der Waals surface area contributed by atoms with E-state index >= 15 is 0 Å². The van der Waals surface area contributed by atoms with Gasteiger partial charge in [-0.15, -0.1) is 0 Å². The van der Waals surface area contributed by atoms with Gasteiger partial charge in [0.1, 0.15) is 0 Å². The molecule has 0 heterocycles. The van der Waals surface area contributed by atoms with Crippen LogP contribution in [0.5, 0.6) is 0 Å². The highest BCUT2D eigenvalue weighted by Crippen LogP contribution is 2.22. The van der Waals surface area contributed by atoms with Gasteiger partial charge in [0.2, 0.25) is 5.91 Å². The van der Waals surface area contributed by atoms with Crippen LogP contribution in [0, 0.1) is 20.8 Å². The second-order valence-corrected chi connectivity index (χ2v) is 6.42. The van der Waals surface area contributed by atoms with E-state index in [0.29, 0.717) is 5.02 Å². The number of hydrogen-bond donors (Lipinski definition) is 2. The predicted octanol–water partition coefficient (Wildman–Crippen LogP) is 4.55. The fraction of sp³-hybridized carbons (Fsp3) is 0.316. The maximum atomic E-state index is 12.2. The number of nitrogens with one attached hydrogen (secondary N) is 2. The molecular weight excluding hydrogens is 308 g/mol. The van der Waals surface area contributed by atoms with Crippen molar-refractivity contribution in [3.63, 3.8) is 0 Å². The molecule has 0 spiro atoms. The van der Waals surface area contributed by atoms with Crippen molar-refractivity contribution >= 4 is 23.2 Å². The molecule has 4 heteroatoms. The highest BCUT2D eigenvalue weighted by atomic mass is 35.5. The largest absolute Gasteiger partial charge is 0.324 e. The number of anilines is 1. The highest BCUT2D eigenvalue weighted by molar-refractivity contribution is 6.30. The maximum Gasteiger partial charge on any atom is 0.238 e. The number of hydrogen-bond acceptors (Lipinski definition) is 2. The van der Waals surface area contributed by atoms with Gasteiger partial charge in [0, 0.05) is 16.8 Å². The Kier molecular flexibility index (Phi) is 5.80. The number of rotatable bonds is 5. The van der Waals surface area contributed by atoms with Gasteiger partial charge in [-0.3, -0.25) is 4.79 Å². The summed E-state index contributed by atoms with van der Waals surface area (Å²) in [6.45, 7) is 8.34. The zero-order valence-corrected chi connectivity index (χ0v) is 14.8. The molecule has 3 nitrogen and oxygen atoms in total. The second kappa shape index (κ2) is 7.62. The molecule has 0 aliphatic carbocycles. The third-order valence-electron chi connectivity index (χ3n) is 3.86. The molecule has 1 atom stereocenters. The molecule has 2 N–H and O–H groups in total. The van der Waals surface area contributed by atoms with Gasteiger partial charge in [-0.25, -0.2) is 0 Å². The normalized spacial score (nSPS) is 12.0. The summed E-state index contributed by atoms with van der Waals surface area (Å²) in [5.41, 5.74) is 5.33. The van der Waals surface area contributed by atoms with Gasteiger partial charge in [-0.05, 0) is 56.5 Å². The van der Waals surface area contributed by atoms with Gasteiger partial charge in [0.15, 0.2) is 0 Å². The van der Waals surface area contributed by atoms with E-state index in [2.05, 4.69) is 29.7 Å². The zero-order chi connectivity index (χ0) is 17.0. The Bertz CT molecular complexity index is 689. The topological polar surface area (TPSA) is 41.1 Å². The summed E-state index contributed by atoms with van der Waals surface area (Å²) < 4.78 is 0. The summed E-state index contributed by atoms with van der Waals surface area (Å²) in [7, 11) is 0. The number of halogens is 1. The van der Waals surface area contributed by atoms with Gasteiger partial charge in [-0.2, -0.15) is 0 Å². The van der Waals surface area contributed by atoms with Crippen molar-refractivity contribution in [2.24, 2.45) is 0 Å². The third-order valence-corrected chi connectivity index (χ3v) is 4.09. The monoisotopic (exact) mass is 330 g/mol. The summed E-state index contributed by atoms with van der Waals surface area (Å²) in [5, 5.41) is 6.92. The summed E-state index contributed by atoms with van der Waals surface area (Å²) in [4.78, 5) is 12.2. The predicted molar refractivity (Wildman–Crippen MR) is 97.2 cm³/mol. The quantitative estimate of drug-likeness (QED) is 0.844. The minimum atomic E-state index is -0.0473. The molecule has 2 aromatic rings. The fourth-order valence-electron chi connectivity index (χ4n) is 2.70. The summed E-state index contributed by atoms with van der Waals surface area (Å²) in [6, 6.07) is 11.9. The SMILES string of the molecule is Cc1cc(C)c(NC(=O)CN[C@H](C)c2cccc(Cl)c2)c(C)c1. The molecule has 0 radical (unpaired) electrons. The van der Waals surface area contributed by atoms with Crippen LogP contribution in [0.3, 0.4) is 0 Å². The van der Waals surface area contributed by atoms with Crippen molar-refractivity contribution in [2.45, 2.75) is 33.7 Å². The van der Waals surface area contributed by atoms with Gasteiger partial charge < -0.3 is 10.6 Å². The van der Waals surface area contributed by atoms with Crippen LogP contribution in [0.1, 0.15) is 35.2 Å². The van der Waals surface area contributed by atoms with Gasteiger partial charge in [0.25, 0.3) is 0 Å². The number of aryl methyl sites for hydroxylation is 3. The van der Waals surface area contributed by atoms with E-state index in [1.54, 1.807) is 0 Å². The van der Waals surface area contributed by atoms with Crippen molar-refractivity contribution < 1.29 is 4.79 Å². The Hall–Kier alpha value is -1.84. The van der Waals surface area contributed by atoms with Gasteiger partial charge in [0.05, 0.1) is 6.54 Å². The van der Waals surface area contributed by atoms with Crippen LogP contribution >= 0.6 is 11.6 Å². The van der Waals surface area contributed by atoms with Crippen molar-refractivity contribution in [3.05, 3.63) is 63.7 Å². The minimum Gasteiger partial charge on any atom is -0.324 e. The zero-order valence-electron chi connectivity index (χ0n) is 14.0. The molecule has 0 fully saturated rings. The lowest BCUT2D eigenvalue weighted by molar-refractivity contribution is -0.115. The lowest BCUT2D eigenvalue weighted by atomic mass is 10.1. The number of carbonyl (C=O) groups is 1. The first-order chi connectivity index (χ1) is 10.9. The maximum absolute atomic E-state index is 12.2. The van der Waals surface area contributed by atoms with Crippen LogP contribution in [-0.2, 0) is 4.79 Å². The fourth-order valence-corrected chi connectivity index (χ4v) is 2.90. The first-order valence-corrected chi connectivity index (χ1v) is 8.11. The molecule has 2 aromatic carbocycles. The van der Waals surface area contributed by atoms with Gasteiger partial charge >= 0.3 is 0 Å². The standard InChI is InChI=1S/C19H23ClN2O/c1-12-8-13(2)19(14(3)9-12)22-18(23)11-21-15(4)16-6-5-7-17(20)10-16/h5-10,15,21H,11H2,1-4H3,(H,22,23)/t15-/m1/s1. The van der Waals surface area contributed by atoms with E-state index in [1.165, 1.54) is 5.56 Å². The second-order valence-electron chi connectivity index (χ2n) is 5.98. The van der Waals surface area contributed by atoms with Crippen molar-refractivity contribution in [2.75, 3.05) is 11.9 Å². The first-order valence-electron chi connectivity index (χ1n) is 7.73. The van der Waals surface area contributed by atoms with Crippen LogP contribution in [0.15, 0.2) is 36.4 Å². The van der Waals surface area contributed by atoms with Crippen LogP contribution in [0.4, 0.5) is 5.69 Å². The molecule has 0 aliphatic heterocycles. The molecule has 0 bridgehead atoms. The molecule has 0 saturated carbocycles. The van der Waals surface area contributed by atoms with E-state index in [0.717, 1.165) is 22.4 Å². The van der Waals surface area contributed by atoms with Gasteiger partial charge in [-0.1, -0.05) is 41.4 Å². The van der Waals surface area contributed by atoms with Crippen LogP contribution < -0.4 is 10.6 Å². The minimum absolute atomic E-state index is 0.0473. The first kappa shape index (κ1) is 17.5. The Morgan fingerprint density at radius 1 is 1.13 bits per heavy atom. The Morgan fingerprint density at radius 3 is 2.39 bits per heavy atom. The Balaban J connectivity index is 1.95. The van der Waals surface area contributed by atoms with E-state index in [4.69, 9.17) is 11.6 Å². The average molecular weight is 331 g/mol. The lowest BCUT2D eigenvalue weighted by Crippen LogP contribution is -2.30. The number of benzene rings is 2. The number of carbonyl (C=O) groups excluding carboxylic acids is 1. The molecule has 122 valence electrons. The molecular formula is C19H23ClN2O. The molecule has 1 amide bonds. The van der Waals surface area contributed by atoms with E-state index in [1.807, 2.05) is 45.0 Å². The van der Waals surface area contributed by atoms with E-state index in [-0.39, 0.29) is 18.5 Å². The van der Waals surface area contributed by atoms with Crippen LogP contribution in [0.25, 0.3) is 0 Å². The molecule has 2 rings (SSSR count). The molecule has 0 unspecified atom stereocenters. The Labute approximate surface area is 143 Å². The van der Waals surface area contributed by atoms with Crippen molar-refractivity contribution in [3.8, 4) is 0 Å².